The highest BCUT2D eigenvalue weighted by molar-refractivity contribution is 5.77. The summed E-state index contributed by atoms with van der Waals surface area (Å²) in [6.07, 6.45) is 7.07. The summed E-state index contributed by atoms with van der Waals surface area (Å²) in [6, 6.07) is 11.8. The van der Waals surface area contributed by atoms with Crippen LogP contribution in [0.2, 0.25) is 0 Å². The number of hydrogen-bond acceptors (Lipinski definition) is 4. The smallest absolute Gasteiger partial charge is 0.222 e. The van der Waals surface area contributed by atoms with Gasteiger partial charge < -0.3 is 10.1 Å². The Bertz CT molecular complexity index is 676. The first-order chi connectivity index (χ1) is 13.8. The minimum absolute atomic E-state index is 0.186. The van der Waals surface area contributed by atoms with Crippen molar-refractivity contribution < 1.29 is 9.53 Å². The lowest BCUT2D eigenvalue weighted by Crippen LogP contribution is -2.63. The van der Waals surface area contributed by atoms with E-state index in [1.165, 1.54) is 24.8 Å². The number of nitrogens with one attached hydrogen (secondary N) is 1. The van der Waals surface area contributed by atoms with E-state index in [0.29, 0.717) is 18.5 Å². The highest BCUT2D eigenvalue weighted by Crippen LogP contribution is 2.43. The van der Waals surface area contributed by atoms with Crippen LogP contribution in [0.4, 0.5) is 0 Å². The van der Waals surface area contributed by atoms with Crippen LogP contribution in [0.5, 0.6) is 0 Å². The second-order valence-corrected chi connectivity index (χ2v) is 9.22. The fourth-order valence-corrected chi connectivity index (χ4v) is 6.13. The summed E-state index contributed by atoms with van der Waals surface area (Å²) in [6.45, 7) is 4.67. The van der Waals surface area contributed by atoms with E-state index in [2.05, 4.69) is 45.4 Å². The molecule has 3 heterocycles. The quantitative estimate of drug-likeness (QED) is 0.866. The van der Waals surface area contributed by atoms with E-state index in [9.17, 15) is 4.79 Å². The number of rotatable bonds is 4. The minimum atomic E-state index is 0.186. The molecule has 1 saturated carbocycles. The molecule has 5 rings (SSSR count). The number of amides is 1. The molecule has 3 aliphatic heterocycles. The molecule has 0 radical (unpaired) electrons. The zero-order chi connectivity index (χ0) is 18.9. The van der Waals surface area contributed by atoms with Gasteiger partial charge in [-0.15, -0.1) is 0 Å². The van der Waals surface area contributed by atoms with Gasteiger partial charge in [0.05, 0.1) is 19.4 Å². The number of fused-ring (bicyclic) bond motifs is 2. The molecular weight excluding hydrogens is 350 g/mol. The highest BCUT2D eigenvalue weighted by atomic mass is 16.5. The first-order valence-electron chi connectivity index (χ1n) is 11.2. The van der Waals surface area contributed by atoms with E-state index in [4.69, 9.17) is 4.74 Å². The number of nitrogens with zero attached hydrogens (tertiary/aromatic N) is 2. The predicted molar refractivity (Wildman–Crippen MR) is 109 cm³/mol. The van der Waals surface area contributed by atoms with E-state index in [1.54, 1.807) is 0 Å². The van der Waals surface area contributed by atoms with Crippen molar-refractivity contribution in [2.75, 3.05) is 32.8 Å². The number of carbonyl (C=O) groups excluding carboxylic acids is 1. The van der Waals surface area contributed by atoms with Gasteiger partial charge in [-0.05, 0) is 49.5 Å². The molecule has 3 saturated heterocycles. The largest absolute Gasteiger partial charge is 0.379 e. The third-order valence-corrected chi connectivity index (χ3v) is 7.51. The van der Waals surface area contributed by atoms with Crippen LogP contribution in [0.25, 0.3) is 0 Å². The Morgan fingerprint density at radius 1 is 1.07 bits per heavy atom. The lowest BCUT2D eigenvalue weighted by molar-refractivity contribution is -0.130. The molecule has 28 heavy (non-hydrogen) atoms. The highest BCUT2D eigenvalue weighted by Gasteiger charge is 2.45. The summed E-state index contributed by atoms with van der Waals surface area (Å²) in [5, 5.41) is 3.37. The fraction of sp³-hybridized carbons (Fsp3) is 0.696. The van der Waals surface area contributed by atoms with E-state index >= 15 is 0 Å². The van der Waals surface area contributed by atoms with Gasteiger partial charge in [-0.3, -0.25) is 14.6 Å². The van der Waals surface area contributed by atoms with Crippen LogP contribution in [-0.2, 0) is 16.0 Å². The van der Waals surface area contributed by atoms with Crippen molar-refractivity contribution in [3.63, 3.8) is 0 Å². The summed E-state index contributed by atoms with van der Waals surface area (Å²) in [7, 11) is 0. The molecule has 1 aromatic rings. The average Bonchev–Trinajstić information content (AvgIpc) is 3.13. The van der Waals surface area contributed by atoms with Crippen LogP contribution in [0.15, 0.2) is 30.3 Å². The Hall–Kier alpha value is -1.43. The molecule has 152 valence electrons. The number of hydrogen-bond donors (Lipinski definition) is 1. The standard InChI is InChI=1S/C23H33N3O2/c27-23-15-20(25-8-10-28-11-9-25)14-22(24-23)26-16-18-6-7-19(12-18)21(26)13-17-4-2-1-3-5-17/h1-5,18-22H,6-16H2,(H,24,27)/t18-,19+,20?,21+,22?/m1/s1. The average molecular weight is 384 g/mol. The van der Waals surface area contributed by atoms with Crippen LogP contribution in [0.1, 0.15) is 37.7 Å². The monoisotopic (exact) mass is 383 g/mol. The van der Waals surface area contributed by atoms with Crippen LogP contribution >= 0.6 is 0 Å². The molecule has 0 aromatic heterocycles. The first-order valence-corrected chi connectivity index (χ1v) is 11.2. The second-order valence-electron chi connectivity index (χ2n) is 9.22. The van der Waals surface area contributed by atoms with Crippen molar-refractivity contribution in [3.8, 4) is 0 Å². The molecule has 2 unspecified atom stereocenters. The first kappa shape index (κ1) is 18.6. The molecular formula is C23H33N3O2. The molecule has 4 fully saturated rings. The van der Waals surface area contributed by atoms with Crippen molar-refractivity contribution in [1.82, 2.24) is 15.1 Å². The van der Waals surface area contributed by atoms with Crippen molar-refractivity contribution in [2.45, 2.75) is 56.8 Å². The second kappa shape index (κ2) is 8.13. The summed E-state index contributed by atoms with van der Waals surface area (Å²) >= 11 is 0. The topological polar surface area (TPSA) is 44.8 Å². The maximum Gasteiger partial charge on any atom is 0.222 e. The summed E-state index contributed by atoms with van der Waals surface area (Å²) in [5.74, 6) is 1.82. The molecule has 5 nitrogen and oxygen atoms in total. The van der Waals surface area contributed by atoms with Crippen LogP contribution < -0.4 is 5.32 Å². The number of morpholine rings is 1. The summed E-state index contributed by atoms with van der Waals surface area (Å²) < 4.78 is 5.53. The number of benzene rings is 1. The predicted octanol–water partition coefficient (Wildman–Crippen LogP) is 2.27. The third kappa shape index (κ3) is 3.85. The molecule has 4 aliphatic rings. The van der Waals surface area contributed by atoms with E-state index in [0.717, 1.165) is 57.5 Å². The SMILES string of the molecule is O=C1CC(N2CCOCC2)CC(N2C[C@@H]3CC[C@@H](C3)[C@@H]2Cc2ccccc2)N1. The molecule has 2 bridgehead atoms. The summed E-state index contributed by atoms with van der Waals surface area (Å²) in [4.78, 5) is 17.8. The van der Waals surface area contributed by atoms with E-state index in [-0.39, 0.29) is 12.1 Å². The number of carbonyl (C=O) groups is 1. The van der Waals surface area contributed by atoms with Gasteiger partial charge in [-0.1, -0.05) is 30.3 Å². The number of piperidine rings is 2. The molecule has 0 spiro atoms. The Morgan fingerprint density at radius 2 is 1.89 bits per heavy atom. The zero-order valence-electron chi connectivity index (χ0n) is 16.8. The fourth-order valence-electron chi connectivity index (χ4n) is 6.13. The lowest BCUT2D eigenvalue weighted by atomic mass is 9.85. The van der Waals surface area contributed by atoms with Crippen molar-refractivity contribution >= 4 is 5.91 Å². The molecule has 1 N–H and O–H groups in total. The minimum Gasteiger partial charge on any atom is -0.379 e. The van der Waals surface area contributed by atoms with Gasteiger partial charge >= 0.3 is 0 Å². The third-order valence-electron chi connectivity index (χ3n) is 7.51. The van der Waals surface area contributed by atoms with Gasteiger partial charge in [0.15, 0.2) is 0 Å². The molecule has 1 aromatic carbocycles. The van der Waals surface area contributed by atoms with Gasteiger partial charge in [-0.2, -0.15) is 0 Å². The van der Waals surface area contributed by atoms with E-state index in [1.807, 2.05) is 0 Å². The zero-order valence-corrected chi connectivity index (χ0v) is 16.8. The maximum atomic E-state index is 12.6. The van der Waals surface area contributed by atoms with Crippen molar-refractivity contribution in [1.29, 1.82) is 0 Å². The van der Waals surface area contributed by atoms with Gasteiger partial charge in [0, 0.05) is 38.1 Å². The van der Waals surface area contributed by atoms with Crippen LogP contribution in [0.3, 0.4) is 0 Å². The Balaban J connectivity index is 1.35. The van der Waals surface area contributed by atoms with Gasteiger partial charge in [-0.25, -0.2) is 0 Å². The Labute approximate surface area is 168 Å². The van der Waals surface area contributed by atoms with Gasteiger partial charge in [0.25, 0.3) is 0 Å². The van der Waals surface area contributed by atoms with E-state index < -0.39 is 0 Å². The normalized spacial score (nSPS) is 37.0. The summed E-state index contributed by atoms with van der Waals surface area (Å²) in [5.41, 5.74) is 1.43. The Kier molecular flexibility index (Phi) is 5.40. The molecule has 1 amide bonds. The maximum absolute atomic E-state index is 12.6. The van der Waals surface area contributed by atoms with Gasteiger partial charge in [0.1, 0.15) is 0 Å². The Morgan fingerprint density at radius 3 is 2.71 bits per heavy atom. The van der Waals surface area contributed by atoms with Crippen molar-refractivity contribution in [3.05, 3.63) is 35.9 Å². The molecule has 5 atom stereocenters. The molecule has 5 heteroatoms. The molecule has 1 aliphatic carbocycles. The number of ether oxygens (including phenoxy) is 1. The van der Waals surface area contributed by atoms with Crippen LogP contribution in [0, 0.1) is 11.8 Å². The van der Waals surface area contributed by atoms with Crippen LogP contribution in [-0.4, -0.2) is 66.8 Å². The van der Waals surface area contributed by atoms with Crippen molar-refractivity contribution in [2.24, 2.45) is 11.8 Å². The lowest BCUT2D eigenvalue weighted by Gasteiger charge is -2.48. The van der Waals surface area contributed by atoms with Gasteiger partial charge in [0.2, 0.25) is 5.91 Å². The number of likely N-dealkylation sites (tertiary alicyclic amines) is 1.